The topological polar surface area (TPSA) is 148 Å². The number of carbonyl (C=O) groups is 5. The number of nitrogens with zero attached hydrogens (tertiary/aromatic N) is 1. The molecule has 0 spiro atoms. The fourth-order valence-electron chi connectivity index (χ4n) is 4.56. The lowest BCUT2D eigenvalue weighted by molar-refractivity contribution is -0.151. The summed E-state index contributed by atoms with van der Waals surface area (Å²) < 4.78 is 5.52. The molecule has 172 valence electrons. The van der Waals surface area contributed by atoms with Crippen LogP contribution in [0.1, 0.15) is 70.6 Å². The van der Waals surface area contributed by atoms with Gasteiger partial charge in [-0.3, -0.25) is 24.0 Å². The first-order valence-corrected chi connectivity index (χ1v) is 11.2. The summed E-state index contributed by atoms with van der Waals surface area (Å²) in [5.41, 5.74) is 5.43. The molecule has 2 heterocycles. The van der Waals surface area contributed by atoms with Crippen molar-refractivity contribution in [3.05, 3.63) is 0 Å². The fraction of sp³-hybridized carbons (Fsp3) is 0.762. The maximum Gasteiger partial charge on any atom is 0.306 e. The van der Waals surface area contributed by atoms with Gasteiger partial charge in [-0.05, 0) is 51.4 Å². The normalized spacial score (nSPS) is 25.0. The summed E-state index contributed by atoms with van der Waals surface area (Å²) >= 11 is 0. The summed E-state index contributed by atoms with van der Waals surface area (Å²) in [6.45, 7) is 0.367. The Labute approximate surface area is 181 Å². The van der Waals surface area contributed by atoms with Crippen molar-refractivity contribution < 1.29 is 28.7 Å². The molecule has 1 unspecified atom stereocenters. The Bertz CT molecular complexity index is 721. The molecule has 0 aromatic rings. The van der Waals surface area contributed by atoms with E-state index in [0.717, 1.165) is 32.1 Å². The highest BCUT2D eigenvalue weighted by Gasteiger charge is 2.38. The number of rotatable bonds is 8. The molecule has 10 nitrogen and oxygen atoms in total. The van der Waals surface area contributed by atoms with Crippen molar-refractivity contribution in [1.29, 1.82) is 0 Å². The molecule has 0 bridgehead atoms. The van der Waals surface area contributed by atoms with Gasteiger partial charge in [0.15, 0.2) is 0 Å². The molecule has 3 aliphatic rings. The van der Waals surface area contributed by atoms with Crippen molar-refractivity contribution in [2.75, 3.05) is 6.54 Å². The van der Waals surface area contributed by atoms with Crippen LogP contribution in [-0.2, 0) is 28.7 Å². The second-order valence-electron chi connectivity index (χ2n) is 8.60. The molecule has 31 heavy (non-hydrogen) atoms. The molecule has 10 heteroatoms. The van der Waals surface area contributed by atoms with Crippen LogP contribution < -0.4 is 16.4 Å². The van der Waals surface area contributed by atoms with Gasteiger partial charge in [0.25, 0.3) is 0 Å². The Morgan fingerprint density at radius 1 is 1.10 bits per heavy atom. The molecular formula is C21H32N4O6. The average molecular weight is 437 g/mol. The molecule has 4 amide bonds. The van der Waals surface area contributed by atoms with Crippen LogP contribution in [0.15, 0.2) is 0 Å². The minimum absolute atomic E-state index is 0.0285. The Balaban J connectivity index is 1.62. The van der Waals surface area contributed by atoms with Crippen LogP contribution in [0.2, 0.25) is 0 Å². The third-order valence-corrected chi connectivity index (χ3v) is 6.28. The van der Waals surface area contributed by atoms with Gasteiger partial charge in [0.1, 0.15) is 24.2 Å². The monoisotopic (exact) mass is 436 g/mol. The van der Waals surface area contributed by atoms with Crippen molar-refractivity contribution in [1.82, 2.24) is 15.5 Å². The maximum absolute atomic E-state index is 13.1. The van der Waals surface area contributed by atoms with Crippen LogP contribution in [0.25, 0.3) is 0 Å². The van der Waals surface area contributed by atoms with Gasteiger partial charge in [-0.25, -0.2) is 0 Å². The van der Waals surface area contributed by atoms with Crippen LogP contribution in [0.3, 0.4) is 0 Å². The van der Waals surface area contributed by atoms with Crippen molar-refractivity contribution in [2.45, 2.75) is 94.9 Å². The highest BCUT2D eigenvalue weighted by atomic mass is 16.5. The zero-order valence-electron chi connectivity index (χ0n) is 17.8. The number of ether oxygens (including phenoxy) is 1. The van der Waals surface area contributed by atoms with Gasteiger partial charge in [-0.2, -0.15) is 0 Å². The smallest absolute Gasteiger partial charge is 0.306 e. The SMILES string of the molecule is NC(=O)[C@@H]1CCCN1C(=O)C(CCC(=O)OC1CCCCC1)NC(=O)[C@@H]1CCC(=O)N1. The number of esters is 1. The molecule has 1 saturated carbocycles. The Hall–Kier alpha value is -2.65. The first-order valence-electron chi connectivity index (χ1n) is 11.2. The molecule has 0 aromatic heterocycles. The minimum Gasteiger partial charge on any atom is -0.462 e. The third-order valence-electron chi connectivity index (χ3n) is 6.28. The number of primary amides is 1. The number of likely N-dealkylation sites (tertiary alicyclic amines) is 1. The van der Waals surface area contributed by atoms with Crippen LogP contribution in [0, 0.1) is 0 Å². The number of hydrogen-bond acceptors (Lipinski definition) is 6. The second-order valence-corrected chi connectivity index (χ2v) is 8.60. The van der Waals surface area contributed by atoms with Crippen LogP contribution in [0.4, 0.5) is 0 Å². The molecule has 3 atom stereocenters. The van der Waals surface area contributed by atoms with Gasteiger partial charge in [-0.15, -0.1) is 0 Å². The lowest BCUT2D eigenvalue weighted by Crippen LogP contribution is -2.55. The first-order chi connectivity index (χ1) is 14.8. The van der Waals surface area contributed by atoms with Gasteiger partial charge < -0.3 is 26.0 Å². The number of carbonyl (C=O) groups excluding carboxylic acids is 5. The van der Waals surface area contributed by atoms with Crippen molar-refractivity contribution in [2.24, 2.45) is 5.73 Å². The molecule has 3 rings (SSSR count). The van der Waals surface area contributed by atoms with Gasteiger partial charge in [0.2, 0.25) is 23.6 Å². The van der Waals surface area contributed by atoms with Gasteiger partial charge in [0.05, 0.1) is 0 Å². The van der Waals surface area contributed by atoms with E-state index in [1.165, 1.54) is 4.90 Å². The van der Waals surface area contributed by atoms with Crippen LogP contribution in [0.5, 0.6) is 0 Å². The largest absolute Gasteiger partial charge is 0.462 e. The molecule has 4 N–H and O–H groups in total. The highest BCUT2D eigenvalue weighted by Crippen LogP contribution is 2.22. The second kappa shape index (κ2) is 10.6. The first kappa shape index (κ1) is 23.0. The standard InChI is InChI=1S/C21H32N4O6/c22-19(28)16-7-4-12-25(16)21(30)15(24-20(29)14-8-10-17(26)23-14)9-11-18(27)31-13-5-2-1-3-6-13/h13-16H,1-12H2,(H2,22,28)(H,23,26)(H,24,29)/t14-,15?,16-/m0/s1. The van der Waals surface area contributed by atoms with E-state index < -0.39 is 41.8 Å². The zero-order valence-corrected chi connectivity index (χ0v) is 17.8. The Kier molecular flexibility index (Phi) is 7.86. The molecule has 0 aromatic carbocycles. The summed E-state index contributed by atoms with van der Waals surface area (Å²) in [6.07, 6.45) is 6.56. The zero-order chi connectivity index (χ0) is 22.4. The summed E-state index contributed by atoms with van der Waals surface area (Å²) in [5.74, 6) is -2.12. The van der Waals surface area contributed by atoms with E-state index in [-0.39, 0.29) is 31.3 Å². The third kappa shape index (κ3) is 6.18. The average Bonchev–Trinajstić information content (AvgIpc) is 3.40. The molecule has 0 radical (unpaired) electrons. The van der Waals surface area contributed by atoms with E-state index in [4.69, 9.17) is 10.5 Å². The Morgan fingerprint density at radius 3 is 2.48 bits per heavy atom. The van der Waals surface area contributed by atoms with E-state index in [0.29, 0.717) is 25.8 Å². The van der Waals surface area contributed by atoms with Gasteiger partial charge >= 0.3 is 5.97 Å². The minimum atomic E-state index is -0.996. The van der Waals surface area contributed by atoms with Crippen LogP contribution in [-0.4, -0.2) is 65.3 Å². The predicted molar refractivity (Wildman–Crippen MR) is 109 cm³/mol. The van der Waals surface area contributed by atoms with E-state index in [2.05, 4.69) is 10.6 Å². The Morgan fingerprint density at radius 2 is 1.84 bits per heavy atom. The van der Waals surface area contributed by atoms with E-state index in [9.17, 15) is 24.0 Å². The number of nitrogens with two attached hydrogens (primary N) is 1. The molecule has 2 saturated heterocycles. The van der Waals surface area contributed by atoms with Gasteiger partial charge in [-0.1, -0.05) is 6.42 Å². The summed E-state index contributed by atoms with van der Waals surface area (Å²) in [7, 11) is 0. The molecule has 3 fully saturated rings. The molecule has 2 aliphatic heterocycles. The number of amides is 4. The predicted octanol–water partition coefficient (Wildman–Crippen LogP) is -0.118. The lowest BCUT2D eigenvalue weighted by Gasteiger charge is -2.28. The number of hydrogen-bond donors (Lipinski definition) is 3. The van der Waals surface area contributed by atoms with E-state index in [1.54, 1.807) is 0 Å². The lowest BCUT2D eigenvalue weighted by atomic mass is 9.98. The van der Waals surface area contributed by atoms with Crippen molar-refractivity contribution >= 4 is 29.6 Å². The van der Waals surface area contributed by atoms with Crippen LogP contribution >= 0.6 is 0 Å². The highest BCUT2D eigenvalue weighted by molar-refractivity contribution is 5.95. The number of nitrogens with one attached hydrogen (secondary N) is 2. The quantitative estimate of drug-likeness (QED) is 0.452. The van der Waals surface area contributed by atoms with Crippen molar-refractivity contribution in [3.8, 4) is 0 Å². The summed E-state index contributed by atoms with van der Waals surface area (Å²) in [6, 6.07) is -2.42. The van der Waals surface area contributed by atoms with Gasteiger partial charge in [0, 0.05) is 19.4 Å². The molecule has 1 aliphatic carbocycles. The van der Waals surface area contributed by atoms with Crippen molar-refractivity contribution in [3.63, 3.8) is 0 Å². The van der Waals surface area contributed by atoms with E-state index >= 15 is 0 Å². The maximum atomic E-state index is 13.1. The fourth-order valence-corrected chi connectivity index (χ4v) is 4.56. The van der Waals surface area contributed by atoms with E-state index in [1.807, 2.05) is 0 Å². The molecular weight excluding hydrogens is 404 g/mol. The summed E-state index contributed by atoms with van der Waals surface area (Å²) in [5, 5.41) is 5.24. The summed E-state index contributed by atoms with van der Waals surface area (Å²) in [4.78, 5) is 62.6.